The summed E-state index contributed by atoms with van der Waals surface area (Å²) in [6, 6.07) is 8.16. The van der Waals surface area contributed by atoms with Crippen LogP contribution in [0.15, 0.2) is 30.3 Å². The largest absolute Gasteiger partial charge is 0.478 e. The van der Waals surface area contributed by atoms with E-state index in [1.807, 2.05) is 32.0 Å². The highest BCUT2D eigenvalue weighted by atomic mass is 19.1. The molecule has 0 fully saturated rings. The maximum atomic E-state index is 13.5. The molecular weight excluding hydrogens is 271 g/mol. The van der Waals surface area contributed by atoms with Crippen LogP contribution in [-0.2, 0) is 0 Å². The standard InChI is InChI=1S/C16H13FN2O2/c1-8-3-9(2)5-10(4-8)15-18-13-7-11(17)6-12(16(20)21)14(13)19-15/h3-7H,1-2H3,(H,18,19)(H,20,21). The van der Waals surface area contributed by atoms with Crippen LogP contribution in [0, 0.1) is 19.7 Å². The lowest BCUT2D eigenvalue weighted by atomic mass is 10.1. The zero-order valence-electron chi connectivity index (χ0n) is 11.6. The summed E-state index contributed by atoms with van der Waals surface area (Å²) in [5.41, 5.74) is 3.50. The fourth-order valence-corrected chi connectivity index (χ4v) is 2.49. The van der Waals surface area contributed by atoms with Crippen LogP contribution in [0.5, 0.6) is 0 Å². The van der Waals surface area contributed by atoms with Gasteiger partial charge in [-0.2, -0.15) is 0 Å². The van der Waals surface area contributed by atoms with Crippen LogP contribution in [0.3, 0.4) is 0 Å². The summed E-state index contributed by atoms with van der Waals surface area (Å²) in [5.74, 6) is -1.27. The number of imidazole rings is 1. The van der Waals surface area contributed by atoms with Gasteiger partial charge in [0.1, 0.15) is 17.2 Å². The van der Waals surface area contributed by atoms with Gasteiger partial charge < -0.3 is 10.1 Å². The first kappa shape index (κ1) is 13.3. The Morgan fingerprint density at radius 3 is 2.43 bits per heavy atom. The molecule has 0 aliphatic carbocycles. The first-order valence-corrected chi connectivity index (χ1v) is 6.45. The van der Waals surface area contributed by atoms with Crippen LogP contribution in [0.2, 0.25) is 0 Å². The normalized spacial score (nSPS) is 11.0. The van der Waals surface area contributed by atoms with E-state index in [9.17, 15) is 9.18 Å². The second-order valence-corrected chi connectivity index (χ2v) is 5.12. The lowest BCUT2D eigenvalue weighted by Crippen LogP contribution is -1.98. The molecule has 4 nitrogen and oxygen atoms in total. The lowest BCUT2D eigenvalue weighted by molar-refractivity contribution is 0.0698. The SMILES string of the molecule is Cc1cc(C)cc(-c2nc3c(C(=O)O)cc(F)cc3[nH]2)c1. The van der Waals surface area contributed by atoms with Gasteiger partial charge in [0, 0.05) is 5.56 Å². The van der Waals surface area contributed by atoms with Gasteiger partial charge in [0.25, 0.3) is 0 Å². The van der Waals surface area contributed by atoms with E-state index in [0.717, 1.165) is 22.8 Å². The van der Waals surface area contributed by atoms with Gasteiger partial charge >= 0.3 is 5.97 Å². The first-order chi connectivity index (χ1) is 9.94. The van der Waals surface area contributed by atoms with E-state index >= 15 is 0 Å². The Hall–Kier alpha value is -2.69. The molecule has 3 aromatic rings. The Labute approximate surface area is 120 Å². The molecule has 1 heterocycles. The van der Waals surface area contributed by atoms with Crippen molar-refractivity contribution in [3.05, 3.63) is 52.8 Å². The summed E-state index contributed by atoms with van der Waals surface area (Å²) in [4.78, 5) is 18.5. The molecule has 0 bridgehead atoms. The minimum Gasteiger partial charge on any atom is -0.478 e. The summed E-state index contributed by atoms with van der Waals surface area (Å²) in [7, 11) is 0. The highest BCUT2D eigenvalue weighted by molar-refractivity contribution is 6.01. The number of nitrogens with one attached hydrogen (secondary N) is 1. The van der Waals surface area contributed by atoms with Gasteiger partial charge in [-0.15, -0.1) is 0 Å². The number of halogens is 1. The van der Waals surface area contributed by atoms with Crippen LogP contribution in [0.25, 0.3) is 22.4 Å². The van der Waals surface area contributed by atoms with Gasteiger partial charge in [-0.25, -0.2) is 14.2 Å². The zero-order valence-corrected chi connectivity index (χ0v) is 11.6. The Balaban J connectivity index is 2.26. The number of aromatic nitrogens is 2. The van der Waals surface area contributed by atoms with E-state index in [4.69, 9.17) is 5.11 Å². The van der Waals surface area contributed by atoms with E-state index in [2.05, 4.69) is 9.97 Å². The molecule has 3 rings (SSSR count). The molecular formula is C16H13FN2O2. The molecule has 0 amide bonds. The predicted octanol–water partition coefficient (Wildman–Crippen LogP) is 3.68. The highest BCUT2D eigenvalue weighted by Crippen LogP contribution is 2.25. The van der Waals surface area contributed by atoms with E-state index in [-0.39, 0.29) is 11.1 Å². The van der Waals surface area contributed by atoms with Crippen LogP contribution >= 0.6 is 0 Å². The average Bonchev–Trinajstić information content (AvgIpc) is 2.79. The van der Waals surface area contributed by atoms with Crippen molar-refractivity contribution in [2.45, 2.75) is 13.8 Å². The number of carbonyl (C=O) groups is 1. The molecule has 0 unspecified atom stereocenters. The molecule has 106 valence electrons. The molecule has 0 saturated carbocycles. The molecule has 5 heteroatoms. The van der Waals surface area contributed by atoms with E-state index in [1.165, 1.54) is 6.07 Å². The van der Waals surface area contributed by atoms with E-state index in [1.54, 1.807) is 0 Å². The maximum Gasteiger partial charge on any atom is 0.338 e. The molecule has 0 radical (unpaired) electrons. The number of H-pyrrole nitrogens is 1. The first-order valence-electron chi connectivity index (χ1n) is 6.45. The zero-order chi connectivity index (χ0) is 15.1. The number of aryl methyl sites for hydroxylation is 2. The predicted molar refractivity (Wildman–Crippen MR) is 77.9 cm³/mol. The van der Waals surface area contributed by atoms with Gasteiger partial charge in [0.15, 0.2) is 0 Å². The van der Waals surface area contributed by atoms with Crippen LogP contribution < -0.4 is 0 Å². The third-order valence-corrected chi connectivity index (χ3v) is 3.28. The lowest BCUT2D eigenvalue weighted by Gasteiger charge is -2.01. The molecule has 0 saturated heterocycles. The molecule has 0 aliphatic heterocycles. The number of nitrogens with zero attached hydrogens (tertiary/aromatic N) is 1. The molecule has 0 atom stereocenters. The van der Waals surface area contributed by atoms with Crippen molar-refractivity contribution in [2.24, 2.45) is 0 Å². The number of aromatic amines is 1. The van der Waals surface area contributed by atoms with Crippen molar-refractivity contribution in [1.82, 2.24) is 9.97 Å². The Morgan fingerprint density at radius 2 is 1.81 bits per heavy atom. The van der Waals surface area contributed by atoms with Crippen molar-refractivity contribution in [3.63, 3.8) is 0 Å². The van der Waals surface area contributed by atoms with Crippen molar-refractivity contribution in [2.75, 3.05) is 0 Å². The van der Waals surface area contributed by atoms with Crippen LogP contribution in [-0.4, -0.2) is 21.0 Å². The summed E-state index contributed by atoms with van der Waals surface area (Å²) in [6.45, 7) is 3.95. The second-order valence-electron chi connectivity index (χ2n) is 5.12. The Bertz CT molecular complexity index is 848. The number of fused-ring (bicyclic) bond motifs is 1. The number of hydrogen-bond acceptors (Lipinski definition) is 2. The number of hydrogen-bond donors (Lipinski definition) is 2. The van der Waals surface area contributed by atoms with Crippen molar-refractivity contribution >= 4 is 17.0 Å². The van der Waals surface area contributed by atoms with Crippen molar-refractivity contribution < 1.29 is 14.3 Å². The Kier molecular flexibility index (Phi) is 2.97. The molecule has 2 N–H and O–H groups in total. The molecule has 1 aromatic heterocycles. The summed E-state index contributed by atoms with van der Waals surface area (Å²) >= 11 is 0. The van der Waals surface area contributed by atoms with Gasteiger partial charge in [-0.05, 0) is 38.1 Å². The van der Waals surface area contributed by atoms with Gasteiger partial charge in [-0.1, -0.05) is 17.2 Å². The van der Waals surface area contributed by atoms with Crippen molar-refractivity contribution in [1.29, 1.82) is 0 Å². The van der Waals surface area contributed by atoms with Crippen LogP contribution in [0.4, 0.5) is 4.39 Å². The fourth-order valence-electron chi connectivity index (χ4n) is 2.49. The highest BCUT2D eigenvalue weighted by Gasteiger charge is 2.15. The summed E-state index contributed by atoms with van der Waals surface area (Å²) in [6.07, 6.45) is 0. The number of benzene rings is 2. The monoisotopic (exact) mass is 284 g/mol. The minimum atomic E-state index is -1.20. The maximum absolute atomic E-state index is 13.5. The van der Waals surface area contributed by atoms with E-state index in [0.29, 0.717) is 11.3 Å². The fraction of sp³-hybridized carbons (Fsp3) is 0.125. The van der Waals surface area contributed by atoms with E-state index < -0.39 is 11.8 Å². The van der Waals surface area contributed by atoms with Crippen LogP contribution in [0.1, 0.15) is 21.5 Å². The van der Waals surface area contributed by atoms with Gasteiger partial charge in [-0.3, -0.25) is 0 Å². The van der Waals surface area contributed by atoms with Crippen molar-refractivity contribution in [3.8, 4) is 11.4 Å². The number of rotatable bonds is 2. The Morgan fingerprint density at radius 1 is 1.14 bits per heavy atom. The molecule has 2 aromatic carbocycles. The second kappa shape index (κ2) is 4.70. The molecule has 21 heavy (non-hydrogen) atoms. The third kappa shape index (κ3) is 2.38. The quantitative estimate of drug-likeness (QED) is 0.754. The number of carboxylic acids is 1. The summed E-state index contributed by atoms with van der Waals surface area (Å²) < 4.78 is 13.5. The molecule has 0 aliphatic rings. The average molecular weight is 284 g/mol. The summed E-state index contributed by atoms with van der Waals surface area (Å²) in [5, 5.41) is 9.15. The minimum absolute atomic E-state index is 0.142. The number of aromatic carboxylic acids is 1. The topological polar surface area (TPSA) is 66.0 Å². The third-order valence-electron chi connectivity index (χ3n) is 3.28. The van der Waals surface area contributed by atoms with Gasteiger partial charge in [0.05, 0.1) is 11.1 Å². The molecule has 0 spiro atoms. The van der Waals surface area contributed by atoms with Gasteiger partial charge in [0.2, 0.25) is 0 Å². The smallest absolute Gasteiger partial charge is 0.338 e. The number of carboxylic acid groups (broad SMARTS) is 1.